The van der Waals surface area contributed by atoms with Crippen molar-refractivity contribution in [2.24, 2.45) is 0 Å². The van der Waals surface area contributed by atoms with Crippen LogP contribution in [-0.4, -0.2) is 36.3 Å². The normalized spacial score (nSPS) is 17.2. The van der Waals surface area contributed by atoms with E-state index in [1.54, 1.807) is 11.3 Å². The molecule has 0 unspecified atom stereocenters. The molecule has 0 N–H and O–H groups in total. The molecule has 0 radical (unpaired) electrons. The Morgan fingerprint density at radius 3 is 2.79 bits per heavy atom. The van der Waals surface area contributed by atoms with E-state index in [1.165, 1.54) is 4.70 Å². The molecule has 0 spiro atoms. The lowest BCUT2D eigenvalue weighted by atomic mass is 10.2. The quantitative estimate of drug-likeness (QED) is 0.809. The average molecular weight is 341 g/mol. The molecule has 1 saturated heterocycles. The second-order valence-corrected chi connectivity index (χ2v) is 6.21. The Kier molecular flexibility index (Phi) is 5.77. The van der Waals surface area contributed by atoms with Crippen LogP contribution in [0.1, 0.15) is 26.1 Å². The summed E-state index contributed by atoms with van der Waals surface area (Å²) >= 11 is 1.71. The minimum Gasteiger partial charge on any atom is -0.378 e. The van der Waals surface area contributed by atoms with Gasteiger partial charge < -0.3 is 9.64 Å². The molecule has 5 heteroatoms. The van der Waals surface area contributed by atoms with Gasteiger partial charge in [-0.25, -0.2) is 9.97 Å². The molecular weight excluding hydrogens is 318 g/mol. The number of allylic oxidation sites excluding steroid dienone is 6. The first-order chi connectivity index (χ1) is 11.9. The molecular formula is C19H23N3OS. The highest BCUT2D eigenvalue weighted by molar-refractivity contribution is 7.17. The number of fused-ring (bicyclic) bond motifs is 1. The van der Waals surface area contributed by atoms with Gasteiger partial charge in [0.2, 0.25) is 0 Å². The molecule has 0 atom stereocenters. The van der Waals surface area contributed by atoms with Crippen LogP contribution < -0.4 is 4.90 Å². The zero-order chi connectivity index (χ0) is 16.8. The fraction of sp³-hybridized carbons (Fsp3) is 0.368. The number of hydrogen-bond donors (Lipinski definition) is 0. The Labute approximate surface area is 147 Å². The van der Waals surface area contributed by atoms with E-state index in [2.05, 4.69) is 46.7 Å². The first-order valence-electron chi connectivity index (χ1n) is 8.53. The molecule has 126 valence electrons. The second-order valence-electron chi connectivity index (χ2n) is 5.29. The summed E-state index contributed by atoms with van der Waals surface area (Å²) in [6.45, 7) is 7.30. The van der Waals surface area contributed by atoms with Gasteiger partial charge in [-0.05, 0) is 17.9 Å². The number of anilines is 1. The van der Waals surface area contributed by atoms with Crippen LogP contribution in [0.3, 0.4) is 0 Å². The van der Waals surface area contributed by atoms with Crippen molar-refractivity contribution in [3.8, 4) is 0 Å². The van der Waals surface area contributed by atoms with Gasteiger partial charge in [-0.15, -0.1) is 11.3 Å². The highest BCUT2D eigenvalue weighted by Crippen LogP contribution is 2.31. The number of ether oxygens (including phenoxy) is 1. The summed E-state index contributed by atoms with van der Waals surface area (Å²) in [5, 5.41) is 2.09. The maximum absolute atomic E-state index is 5.46. The Hall–Kier alpha value is -1.98. The van der Waals surface area contributed by atoms with Crippen molar-refractivity contribution in [3.63, 3.8) is 0 Å². The lowest BCUT2D eigenvalue weighted by Crippen LogP contribution is -2.37. The van der Waals surface area contributed by atoms with E-state index in [-0.39, 0.29) is 0 Å². The van der Waals surface area contributed by atoms with Crippen LogP contribution in [-0.2, 0) is 4.74 Å². The van der Waals surface area contributed by atoms with E-state index in [4.69, 9.17) is 14.7 Å². The van der Waals surface area contributed by atoms with E-state index in [0.29, 0.717) is 0 Å². The molecule has 1 fully saturated rings. The summed E-state index contributed by atoms with van der Waals surface area (Å²) in [6, 6.07) is 2.08. The van der Waals surface area contributed by atoms with Gasteiger partial charge in [-0.2, -0.15) is 0 Å². The summed E-state index contributed by atoms with van der Waals surface area (Å²) in [5.74, 6) is 1.84. The van der Waals surface area contributed by atoms with Crippen LogP contribution in [0.25, 0.3) is 15.8 Å². The maximum Gasteiger partial charge on any atom is 0.162 e. The van der Waals surface area contributed by atoms with Crippen LogP contribution in [0.4, 0.5) is 5.82 Å². The fourth-order valence-electron chi connectivity index (χ4n) is 2.70. The van der Waals surface area contributed by atoms with Crippen molar-refractivity contribution in [1.29, 1.82) is 0 Å². The molecule has 1 aliphatic heterocycles. The second kappa shape index (κ2) is 8.22. The molecule has 1 aliphatic carbocycles. The van der Waals surface area contributed by atoms with Gasteiger partial charge in [-0.1, -0.05) is 44.2 Å². The zero-order valence-corrected chi connectivity index (χ0v) is 15.1. The minimum absolute atomic E-state index is 0.761. The van der Waals surface area contributed by atoms with Crippen molar-refractivity contribution in [1.82, 2.24) is 9.97 Å². The predicted octanol–water partition coefficient (Wildman–Crippen LogP) is 4.45. The fourth-order valence-corrected chi connectivity index (χ4v) is 3.54. The summed E-state index contributed by atoms with van der Waals surface area (Å²) in [4.78, 5) is 11.9. The van der Waals surface area contributed by atoms with Gasteiger partial charge in [0.1, 0.15) is 0 Å². The summed E-state index contributed by atoms with van der Waals surface area (Å²) in [6.07, 6.45) is 11.5. The zero-order valence-electron chi connectivity index (χ0n) is 14.2. The van der Waals surface area contributed by atoms with Gasteiger partial charge in [0.15, 0.2) is 11.6 Å². The molecule has 0 aromatic carbocycles. The molecule has 0 amide bonds. The molecule has 0 saturated carbocycles. The van der Waals surface area contributed by atoms with Gasteiger partial charge in [0.25, 0.3) is 0 Å². The van der Waals surface area contributed by atoms with E-state index in [0.717, 1.165) is 55.5 Å². The molecule has 2 aromatic rings. The third-order valence-electron chi connectivity index (χ3n) is 3.84. The summed E-state index contributed by atoms with van der Waals surface area (Å²) in [5.41, 5.74) is 2.09. The topological polar surface area (TPSA) is 38.2 Å². The van der Waals surface area contributed by atoms with E-state index >= 15 is 0 Å². The molecule has 4 rings (SSSR count). The number of thiophene rings is 1. The maximum atomic E-state index is 5.46. The average Bonchev–Trinajstić information content (AvgIpc) is 2.96. The molecule has 2 aromatic heterocycles. The Morgan fingerprint density at radius 1 is 1.12 bits per heavy atom. The van der Waals surface area contributed by atoms with Crippen LogP contribution >= 0.6 is 11.3 Å². The van der Waals surface area contributed by atoms with Crippen molar-refractivity contribution < 1.29 is 4.74 Å². The molecule has 2 aliphatic rings. The molecule has 0 bridgehead atoms. The van der Waals surface area contributed by atoms with Gasteiger partial charge in [0, 0.05) is 18.7 Å². The Morgan fingerprint density at radius 2 is 1.96 bits per heavy atom. The first-order valence-corrected chi connectivity index (χ1v) is 9.41. The third kappa shape index (κ3) is 3.57. The summed E-state index contributed by atoms with van der Waals surface area (Å²) < 4.78 is 6.63. The Balaban J connectivity index is 0.000000815. The highest BCUT2D eigenvalue weighted by atomic mass is 32.1. The van der Waals surface area contributed by atoms with Crippen LogP contribution in [0, 0.1) is 0 Å². The number of rotatable bonds is 2. The molecule has 4 nitrogen and oxygen atoms in total. The number of morpholine rings is 1. The Bertz CT molecular complexity index is 770. The van der Waals surface area contributed by atoms with E-state index in [9.17, 15) is 0 Å². The monoisotopic (exact) mass is 341 g/mol. The van der Waals surface area contributed by atoms with Crippen LogP contribution in [0.5, 0.6) is 0 Å². The predicted molar refractivity (Wildman–Crippen MR) is 103 cm³/mol. The number of aromatic nitrogens is 2. The first kappa shape index (κ1) is 16.9. The molecule has 3 heterocycles. The highest BCUT2D eigenvalue weighted by Gasteiger charge is 2.18. The lowest BCUT2D eigenvalue weighted by molar-refractivity contribution is 0.122. The van der Waals surface area contributed by atoms with Crippen molar-refractivity contribution >= 4 is 32.9 Å². The SMILES string of the molecule is C1=CCC=CC(c2nc(N3CCOCC3)c3sccc3n2)=C1.CC. The molecule has 24 heavy (non-hydrogen) atoms. The largest absolute Gasteiger partial charge is 0.378 e. The third-order valence-corrected chi connectivity index (χ3v) is 4.74. The summed E-state index contributed by atoms with van der Waals surface area (Å²) in [7, 11) is 0. The minimum atomic E-state index is 0.761. The van der Waals surface area contributed by atoms with Gasteiger partial charge in [0.05, 0.1) is 23.4 Å². The van der Waals surface area contributed by atoms with Gasteiger partial charge in [-0.3, -0.25) is 0 Å². The van der Waals surface area contributed by atoms with Crippen molar-refractivity contribution in [3.05, 3.63) is 47.7 Å². The van der Waals surface area contributed by atoms with Gasteiger partial charge >= 0.3 is 0 Å². The smallest absolute Gasteiger partial charge is 0.162 e. The van der Waals surface area contributed by atoms with E-state index in [1.807, 2.05) is 13.8 Å². The van der Waals surface area contributed by atoms with Crippen LogP contribution in [0.15, 0.2) is 41.8 Å². The number of nitrogens with zero attached hydrogens (tertiary/aromatic N) is 3. The standard InChI is InChI=1S/C17H17N3OS.C2H6/c1-2-4-6-13(5-3-1)16-18-14-7-12-22-15(14)17(19-16)20-8-10-21-11-9-20;1-2/h1,3-7,12H,2,8-11H2;1-2H3. The van der Waals surface area contributed by atoms with Crippen molar-refractivity contribution in [2.75, 3.05) is 31.2 Å². The number of hydrogen-bond acceptors (Lipinski definition) is 5. The van der Waals surface area contributed by atoms with E-state index < -0.39 is 0 Å². The van der Waals surface area contributed by atoms with Crippen LogP contribution in [0.2, 0.25) is 0 Å². The lowest BCUT2D eigenvalue weighted by Gasteiger charge is -2.28. The van der Waals surface area contributed by atoms with Crippen molar-refractivity contribution in [2.45, 2.75) is 20.3 Å².